The lowest BCUT2D eigenvalue weighted by Gasteiger charge is -2.23. The van der Waals surface area contributed by atoms with Gasteiger partial charge in [0.25, 0.3) is 5.91 Å². The first kappa shape index (κ1) is 14.2. The summed E-state index contributed by atoms with van der Waals surface area (Å²) in [5, 5.41) is 12.6. The first-order chi connectivity index (χ1) is 10.1. The fraction of sp³-hybridized carbons (Fsp3) is 0.308. The van der Waals surface area contributed by atoms with Gasteiger partial charge >= 0.3 is 5.97 Å². The number of hydrogen-bond acceptors (Lipinski definition) is 6. The van der Waals surface area contributed by atoms with Crippen LogP contribution in [0.3, 0.4) is 0 Å². The average molecular weight is 324 g/mol. The molecule has 21 heavy (non-hydrogen) atoms. The second-order valence-corrected chi connectivity index (χ2v) is 6.79. The molecular formula is C13H12N2O4S2. The Morgan fingerprint density at radius 3 is 2.95 bits per heavy atom. The minimum absolute atomic E-state index is 0.374. The number of nitrogens with zero attached hydrogens (tertiary/aromatic N) is 1. The van der Waals surface area contributed by atoms with E-state index < -0.39 is 17.4 Å². The summed E-state index contributed by atoms with van der Waals surface area (Å²) in [6.45, 7) is 0. The molecule has 1 aliphatic rings. The smallest absolute Gasteiger partial charge is 0.330 e. The minimum atomic E-state index is -1.17. The van der Waals surface area contributed by atoms with Gasteiger partial charge in [-0.2, -0.15) is 11.8 Å². The van der Waals surface area contributed by atoms with Gasteiger partial charge in [-0.1, -0.05) is 0 Å². The Bertz CT molecular complexity index is 660. The summed E-state index contributed by atoms with van der Waals surface area (Å²) in [6, 6.07) is 3.50. The number of aliphatic carboxylic acids is 1. The molecule has 2 aromatic rings. The van der Waals surface area contributed by atoms with Crippen molar-refractivity contribution >= 4 is 35.0 Å². The Kier molecular flexibility index (Phi) is 3.73. The molecule has 0 aliphatic carbocycles. The van der Waals surface area contributed by atoms with Gasteiger partial charge in [-0.05, 0) is 24.3 Å². The van der Waals surface area contributed by atoms with Crippen molar-refractivity contribution in [1.29, 1.82) is 0 Å². The fourth-order valence-corrected chi connectivity index (χ4v) is 4.16. The van der Waals surface area contributed by atoms with E-state index in [1.165, 1.54) is 35.6 Å². The lowest BCUT2D eigenvalue weighted by Crippen LogP contribution is -2.54. The standard InChI is InChI=1S/C13H12N2O4S2/c16-10(15-13(12(17)18)3-5-20-7-13)9-6-14-11(21-9)8-2-1-4-19-8/h1-2,4,6H,3,5,7H2,(H,15,16)(H,17,18). The maximum atomic E-state index is 12.2. The van der Waals surface area contributed by atoms with Gasteiger partial charge in [0.2, 0.25) is 0 Å². The van der Waals surface area contributed by atoms with Crippen LogP contribution in [-0.2, 0) is 4.79 Å². The summed E-state index contributed by atoms with van der Waals surface area (Å²) < 4.78 is 5.22. The molecule has 0 bridgehead atoms. The summed E-state index contributed by atoms with van der Waals surface area (Å²) in [5.74, 6) is 0.306. The maximum absolute atomic E-state index is 12.2. The predicted molar refractivity (Wildman–Crippen MR) is 79.6 cm³/mol. The Balaban J connectivity index is 1.78. The number of furan rings is 1. The van der Waals surface area contributed by atoms with Gasteiger partial charge in [0.15, 0.2) is 10.8 Å². The van der Waals surface area contributed by atoms with Gasteiger partial charge in [0.05, 0.1) is 12.5 Å². The molecule has 1 amide bonds. The van der Waals surface area contributed by atoms with E-state index in [1.54, 1.807) is 12.1 Å². The topological polar surface area (TPSA) is 92.4 Å². The number of carbonyl (C=O) groups excluding carboxylic acids is 1. The summed E-state index contributed by atoms with van der Waals surface area (Å²) in [4.78, 5) is 28.2. The number of carboxylic acid groups (broad SMARTS) is 1. The normalized spacial score (nSPS) is 21.3. The molecule has 3 heterocycles. The molecule has 1 unspecified atom stereocenters. The third-order valence-electron chi connectivity index (χ3n) is 3.25. The molecule has 1 fully saturated rings. The van der Waals surface area contributed by atoms with E-state index in [9.17, 15) is 14.7 Å². The number of nitrogens with one attached hydrogen (secondary N) is 1. The van der Waals surface area contributed by atoms with Gasteiger partial charge in [0, 0.05) is 5.75 Å². The zero-order valence-corrected chi connectivity index (χ0v) is 12.5. The van der Waals surface area contributed by atoms with Gasteiger partial charge in [-0.25, -0.2) is 9.78 Å². The van der Waals surface area contributed by atoms with Crippen LogP contribution in [-0.4, -0.2) is 39.0 Å². The van der Waals surface area contributed by atoms with E-state index in [4.69, 9.17) is 4.42 Å². The minimum Gasteiger partial charge on any atom is -0.479 e. The first-order valence-electron chi connectivity index (χ1n) is 6.24. The molecule has 3 rings (SSSR count). The molecule has 0 spiro atoms. The van der Waals surface area contributed by atoms with Crippen molar-refractivity contribution < 1.29 is 19.1 Å². The van der Waals surface area contributed by atoms with Crippen LogP contribution < -0.4 is 5.32 Å². The molecule has 1 aliphatic heterocycles. The highest BCUT2D eigenvalue weighted by Crippen LogP contribution is 2.30. The molecular weight excluding hydrogens is 312 g/mol. The Morgan fingerprint density at radius 2 is 2.33 bits per heavy atom. The molecule has 1 atom stereocenters. The van der Waals surface area contributed by atoms with E-state index in [0.29, 0.717) is 27.8 Å². The Labute approximate surface area is 128 Å². The van der Waals surface area contributed by atoms with Crippen LogP contribution in [0.4, 0.5) is 0 Å². The van der Waals surface area contributed by atoms with Gasteiger partial charge < -0.3 is 14.8 Å². The lowest BCUT2D eigenvalue weighted by atomic mass is 9.99. The summed E-state index contributed by atoms with van der Waals surface area (Å²) in [6.07, 6.45) is 3.41. The van der Waals surface area contributed by atoms with Crippen molar-refractivity contribution in [2.45, 2.75) is 12.0 Å². The zero-order valence-electron chi connectivity index (χ0n) is 10.9. The number of hydrogen-bond donors (Lipinski definition) is 2. The monoisotopic (exact) mass is 324 g/mol. The second-order valence-electron chi connectivity index (χ2n) is 4.65. The van der Waals surface area contributed by atoms with E-state index in [-0.39, 0.29) is 0 Å². The largest absolute Gasteiger partial charge is 0.479 e. The van der Waals surface area contributed by atoms with Crippen molar-refractivity contribution in [2.75, 3.05) is 11.5 Å². The highest BCUT2D eigenvalue weighted by molar-refractivity contribution is 7.99. The average Bonchev–Trinajstić information content (AvgIpc) is 3.20. The molecule has 6 nitrogen and oxygen atoms in total. The van der Waals surface area contributed by atoms with Crippen LogP contribution in [0.1, 0.15) is 16.1 Å². The van der Waals surface area contributed by atoms with Crippen LogP contribution >= 0.6 is 23.1 Å². The summed E-state index contributed by atoms with van der Waals surface area (Å²) in [7, 11) is 0. The lowest BCUT2D eigenvalue weighted by molar-refractivity contribution is -0.143. The first-order valence-corrected chi connectivity index (χ1v) is 8.21. The molecule has 110 valence electrons. The number of thiazole rings is 1. The van der Waals surface area contributed by atoms with E-state index in [1.807, 2.05) is 0 Å². The second kappa shape index (κ2) is 5.53. The Hall–Kier alpha value is -1.80. The van der Waals surface area contributed by atoms with E-state index >= 15 is 0 Å². The third-order valence-corrected chi connectivity index (χ3v) is 5.45. The summed E-state index contributed by atoms with van der Waals surface area (Å²) in [5.41, 5.74) is -1.17. The van der Waals surface area contributed by atoms with E-state index in [0.717, 1.165) is 5.75 Å². The number of rotatable bonds is 4. The van der Waals surface area contributed by atoms with Crippen molar-refractivity contribution in [3.05, 3.63) is 29.5 Å². The number of carbonyl (C=O) groups is 2. The molecule has 8 heteroatoms. The number of amides is 1. The zero-order chi connectivity index (χ0) is 14.9. The quantitative estimate of drug-likeness (QED) is 0.894. The van der Waals surface area contributed by atoms with Crippen molar-refractivity contribution in [1.82, 2.24) is 10.3 Å². The number of carboxylic acids is 1. The molecule has 0 saturated carbocycles. The van der Waals surface area contributed by atoms with Gasteiger partial charge in [-0.3, -0.25) is 4.79 Å². The Morgan fingerprint density at radius 1 is 1.48 bits per heavy atom. The molecule has 1 saturated heterocycles. The number of thioether (sulfide) groups is 1. The van der Waals surface area contributed by atoms with E-state index in [2.05, 4.69) is 10.3 Å². The molecule has 2 aromatic heterocycles. The molecule has 2 N–H and O–H groups in total. The van der Waals surface area contributed by atoms with Crippen LogP contribution in [0.15, 0.2) is 29.0 Å². The highest BCUT2D eigenvalue weighted by Gasteiger charge is 2.43. The fourth-order valence-electron chi connectivity index (χ4n) is 2.06. The predicted octanol–water partition coefficient (Wildman–Crippen LogP) is 2.09. The highest BCUT2D eigenvalue weighted by atomic mass is 32.2. The summed E-state index contributed by atoms with van der Waals surface area (Å²) >= 11 is 2.70. The van der Waals surface area contributed by atoms with Crippen LogP contribution in [0.2, 0.25) is 0 Å². The van der Waals surface area contributed by atoms with Crippen molar-refractivity contribution in [3.63, 3.8) is 0 Å². The number of aromatic nitrogens is 1. The molecule has 0 radical (unpaired) electrons. The van der Waals surface area contributed by atoms with Crippen molar-refractivity contribution in [3.8, 4) is 10.8 Å². The van der Waals surface area contributed by atoms with Crippen molar-refractivity contribution in [2.24, 2.45) is 0 Å². The molecule has 0 aromatic carbocycles. The van der Waals surface area contributed by atoms with Crippen LogP contribution in [0.25, 0.3) is 10.8 Å². The van der Waals surface area contributed by atoms with Gasteiger partial charge in [-0.15, -0.1) is 11.3 Å². The van der Waals surface area contributed by atoms with Crippen LogP contribution in [0, 0.1) is 0 Å². The van der Waals surface area contributed by atoms with Gasteiger partial charge in [0.1, 0.15) is 10.4 Å². The SMILES string of the molecule is O=C(NC1(C(=O)O)CCSC1)c1cnc(-c2ccco2)s1. The third kappa shape index (κ3) is 2.68. The maximum Gasteiger partial charge on any atom is 0.330 e. The van der Waals surface area contributed by atoms with Crippen LogP contribution in [0.5, 0.6) is 0 Å².